The third-order valence-corrected chi connectivity index (χ3v) is 4.08. The number of nitrogens with zero attached hydrogens (tertiary/aromatic N) is 2. The van der Waals surface area contributed by atoms with Crippen molar-refractivity contribution in [1.29, 1.82) is 0 Å². The topological polar surface area (TPSA) is 63.8 Å². The molecule has 0 saturated carbocycles. The van der Waals surface area contributed by atoms with Crippen molar-refractivity contribution in [3.63, 3.8) is 0 Å². The average molecular weight is 335 g/mol. The van der Waals surface area contributed by atoms with Gasteiger partial charge >= 0.3 is 0 Å². The van der Waals surface area contributed by atoms with E-state index in [4.69, 9.17) is 5.73 Å². The van der Waals surface area contributed by atoms with Gasteiger partial charge in [-0.3, -0.25) is 0 Å². The maximum absolute atomic E-state index is 5.97. The Morgan fingerprint density at radius 3 is 2.65 bits per heavy atom. The van der Waals surface area contributed by atoms with E-state index in [-0.39, 0.29) is 0 Å². The van der Waals surface area contributed by atoms with Gasteiger partial charge in [0.2, 0.25) is 0 Å². The van der Waals surface area contributed by atoms with Crippen molar-refractivity contribution in [2.75, 3.05) is 11.1 Å². The summed E-state index contributed by atoms with van der Waals surface area (Å²) in [5.74, 6) is 2.10. The molecule has 3 N–H and O–H groups in total. The van der Waals surface area contributed by atoms with Crippen LogP contribution in [0.1, 0.15) is 30.3 Å². The van der Waals surface area contributed by atoms with Gasteiger partial charge in [0.05, 0.1) is 0 Å². The van der Waals surface area contributed by atoms with Crippen LogP contribution in [0, 0.1) is 13.8 Å². The molecule has 0 radical (unpaired) electrons. The number of nitrogen functional groups attached to an aromatic ring is 1. The molecule has 0 spiro atoms. The van der Waals surface area contributed by atoms with Crippen molar-refractivity contribution >= 4 is 33.3 Å². The third-order valence-electron chi connectivity index (χ3n) is 3.22. The van der Waals surface area contributed by atoms with E-state index in [2.05, 4.69) is 45.1 Å². The monoisotopic (exact) mass is 334 g/mol. The summed E-state index contributed by atoms with van der Waals surface area (Å²) >= 11 is 3.53. The van der Waals surface area contributed by atoms with Gasteiger partial charge in [-0.25, -0.2) is 9.97 Å². The highest BCUT2D eigenvalue weighted by Gasteiger charge is 2.10. The van der Waals surface area contributed by atoms with E-state index >= 15 is 0 Å². The molecule has 2 rings (SSSR count). The summed E-state index contributed by atoms with van der Waals surface area (Å²) in [6, 6.07) is 6.04. The smallest absolute Gasteiger partial charge is 0.139 e. The zero-order valence-corrected chi connectivity index (χ0v) is 13.6. The number of aromatic nitrogens is 2. The molecule has 106 valence electrons. The van der Waals surface area contributed by atoms with Gasteiger partial charge in [0.25, 0.3) is 0 Å². The molecule has 1 heterocycles. The first-order valence-electron chi connectivity index (χ1n) is 6.68. The number of halogens is 1. The molecule has 0 amide bonds. The fraction of sp³-hybridized carbons (Fsp3) is 0.333. The third kappa shape index (κ3) is 3.10. The molecule has 0 aliphatic rings. The lowest BCUT2D eigenvalue weighted by atomic mass is 10.2. The summed E-state index contributed by atoms with van der Waals surface area (Å²) in [6.45, 7) is 6.09. The van der Waals surface area contributed by atoms with Crippen molar-refractivity contribution in [1.82, 2.24) is 9.97 Å². The van der Waals surface area contributed by atoms with E-state index in [1.807, 2.05) is 25.1 Å². The average Bonchev–Trinajstić information content (AvgIpc) is 2.41. The number of benzene rings is 1. The summed E-state index contributed by atoms with van der Waals surface area (Å²) in [5, 5.41) is 3.36. The largest absolute Gasteiger partial charge is 0.383 e. The molecule has 0 fully saturated rings. The van der Waals surface area contributed by atoms with Crippen molar-refractivity contribution in [3.8, 4) is 0 Å². The van der Waals surface area contributed by atoms with Crippen LogP contribution >= 0.6 is 15.9 Å². The molecular weight excluding hydrogens is 316 g/mol. The van der Waals surface area contributed by atoms with Crippen molar-refractivity contribution in [2.24, 2.45) is 0 Å². The Hall–Kier alpha value is -1.62. The molecule has 0 atom stereocenters. The second kappa shape index (κ2) is 6.22. The van der Waals surface area contributed by atoms with E-state index in [9.17, 15) is 0 Å². The van der Waals surface area contributed by atoms with Gasteiger partial charge < -0.3 is 11.1 Å². The van der Waals surface area contributed by atoms with E-state index in [1.165, 1.54) is 0 Å². The fourth-order valence-corrected chi connectivity index (χ4v) is 2.28. The number of anilines is 3. The predicted molar refractivity (Wildman–Crippen MR) is 87.3 cm³/mol. The summed E-state index contributed by atoms with van der Waals surface area (Å²) in [5.41, 5.74) is 9.01. The minimum absolute atomic E-state index is 0.540. The van der Waals surface area contributed by atoms with Crippen LogP contribution in [0.25, 0.3) is 0 Å². The summed E-state index contributed by atoms with van der Waals surface area (Å²) in [6.07, 6.45) is 1.83. The van der Waals surface area contributed by atoms with Gasteiger partial charge in [0.15, 0.2) is 0 Å². The van der Waals surface area contributed by atoms with Crippen LogP contribution in [0.5, 0.6) is 0 Å². The lowest BCUT2D eigenvalue weighted by molar-refractivity contribution is 0.836. The number of hydrogen-bond acceptors (Lipinski definition) is 4. The highest BCUT2D eigenvalue weighted by molar-refractivity contribution is 9.10. The highest BCUT2D eigenvalue weighted by atomic mass is 79.9. The standard InChI is InChI=1S/C15H19BrN4/c1-4-6-13-19-14(17)10(3)15(20-13)18-12-8-5-7-11(16)9(12)2/h5,7-8H,4,6H2,1-3H3,(H3,17,18,19,20). The molecule has 20 heavy (non-hydrogen) atoms. The Balaban J connectivity index is 2.39. The molecule has 0 unspecified atom stereocenters. The summed E-state index contributed by atoms with van der Waals surface area (Å²) in [4.78, 5) is 8.89. The molecular formula is C15H19BrN4. The van der Waals surface area contributed by atoms with Crippen LogP contribution in [-0.2, 0) is 6.42 Å². The Labute approximate surface area is 128 Å². The maximum atomic E-state index is 5.97. The van der Waals surface area contributed by atoms with Crippen LogP contribution in [0.15, 0.2) is 22.7 Å². The minimum atomic E-state index is 0.540. The number of hydrogen-bond donors (Lipinski definition) is 2. The van der Waals surface area contributed by atoms with Crippen molar-refractivity contribution in [2.45, 2.75) is 33.6 Å². The zero-order chi connectivity index (χ0) is 14.7. The summed E-state index contributed by atoms with van der Waals surface area (Å²) in [7, 11) is 0. The molecule has 0 aliphatic heterocycles. The quantitative estimate of drug-likeness (QED) is 0.882. The first-order valence-corrected chi connectivity index (χ1v) is 7.47. The molecule has 5 heteroatoms. The molecule has 0 saturated heterocycles. The van der Waals surface area contributed by atoms with Crippen molar-refractivity contribution < 1.29 is 0 Å². The van der Waals surface area contributed by atoms with Gasteiger partial charge in [-0.1, -0.05) is 28.9 Å². The Morgan fingerprint density at radius 1 is 1.20 bits per heavy atom. The second-order valence-electron chi connectivity index (χ2n) is 4.79. The Bertz CT molecular complexity index is 626. The van der Waals surface area contributed by atoms with E-state index in [0.717, 1.165) is 45.8 Å². The first kappa shape index (κ1) is 14.8. The lowest BCUT2D eigenvalue weighted by Gasteiger charge is -2.14. The zero-order valence-electron chi connectivity index (χ0n) is 12.0. The number of rotatable bonds is 4. The molecule has 1 aromatic carbocycles. The van der Waals surface area contributed by atoms with Gasteiger partial charge in [0, 0.05) is 22.1 Å². The van der Waals surface area contributed by atoms with Crippen LogP contribution in [0.4, 0.5) is 17.3 Å². The van der Waals surface area contributed by atoms with E-state index in [1.54, 1.807) is 0 Å². The van der Waals surface area contributed by atoms with Crippen LogP contribution < -0.4 is 11.1 Å². The minimum Gasteiger partial charge on any atom is -0.383 e. The number of aryl methyl sites for hydroxylation is 1. The normalized spacial score (nSPS) is 10.6. The maximum Gasteiger partial charge on any atom is 0.139 e. The van der Waals surface area contributed by atoms with E-state index in [0.29, 0.717) is 5.82 Å². The van der Waals surface area contributed by atoms with Gasteiger partial charge in [0.1, 0.15) is 17.5 Å². The predicted octanol–water partition coefficient (Wildman–Crippen LogP) is 4.13. The van der Waals surface area contributed by atoms with Crippen molar-refractivity contribution in [3.05, 3.63) is 39.6 Å². The second-order valence-corrected chi connectivity index (χ2v) is 5.64. The van der Waals surface area contributed by atoms with Crippen LogP contribution in [0.2, 0.25) is 0 Å². The summed E-state index contributed by atoms with van der Waals surface area (Å²) < 4.78 is 1.07. The highest BCUT2D eigenvalue weighted by Crippen LogP contribution is 2.28. The van der Waals surface area contributed by atoms with E-state index < -0.39 is 0 Å². The van der Waals surface area contributed by atoms with Gasteiger partial charge in [-0.15, -0.1) is 0 Å². The SMILES string of the molecule is CCCc1nc(N)c(C)c(Nc2cccc(Br)c2C)n1. The molecule has 4 nitrogen and oxygen atoms in total. The van der Waals surface area contributed by atoms with Gasteiger partial charge in [-0.2, -0.15) is 0 Å². The number of nitrogens with one attached hydrogen (secondary N) is 1. The molecule has 1 aromatic heterocycles. The van der Waals surface area contributed by atoms with Crippen LogP contribution in [0.3, 0.4) is 0 Å². The molecule has 0 aliphatic carbocycles. The number of nitrogens with two attached hydrogens (primary N) is 1. The fourth-order valence-electron chi connectivity index (χ4n) is 1.91. The van der Waals surface area contributed by atoms with Gasteiger partial charge in [-0.05, 0) is 38.0 Å². The molecule has 0 bridgehead atoms. The molecule has 2 aromatic rings. The first-order chi connectivity index (χ1) is 9.52. The Kier molecular flexibility index (Phi) is 4.60. The lowest BCUT2D eigenvalue weighted by Crippen LogP contribution is -2.07. The van der Waals surface area contributed by atoms with Crippen LogP contribution in [-0.4, -0.2) is 9.97 Å². The Morgan fingerprint density at radius 2 is 1.95 bits per heavy atom.